The topological polar surface area (TPSA) is 41.6 Å². The summed E-state index contributed by atoms with van der Waals surface area (Å²) in [6.07, 6.45) is -4.95. The molecule has 0 spiro atoms. The standard InChI is InChI=1S/C13H14F4N2O2/c14-10-3-1-2-9(6-10)12-18-7-11(20)19(12)4-5-21-8-13(15,16)17/h1-3,6,12,18H,4-5,7-8H2. The number of hydrogen-bond donors (Lipinski definition) is 1. The van der Waals surface area contributed by atoms with Gasteiger partial charge >= 0.3 is 6.18 Å². The van der Waals surface area contributed by atoms with E-state index in [1.807, 2.05) is 0 Å². The summed E-state index contributed by atoms with van der Waals surface area (Å²) in [5, 5.41) is 2.89. The van der Waals surface area contributed by atoms with Gasteiger partial charge in [0.25, 0.3) is 0 Å². The number of benzene rings is 1. The highest BCUT2D eigenvalue weighted by molar-refractivity contribution is 5.80. The van der Waals surface area contributed by atoms with E-state index in [4.69, 9.17) is 0 Å². The van der Waals surface area contributed by atoms with Crippen LogP contribution in [-0.2, 0) is 9.53 Å². The van der Waals surface area contributed by atoms with Gasteiger partial charge in [0.05, 0.1) is 13.2 Å². The zero-order valence-electron chi connectivity index (χ0n) is 11.0. The van der Waals surface area contributed by atoms with Crippen LogP contribution in [0.1, 0.15) is 11.7 Å². The minimum absolute atomic E-state index is 0.00307. The molecule has 1 atom stereocenters. The molecule has 21 heavy (non-hydrogen) atoms. The predicted octanol–water partition coefficient (Wildman–Crippen LogP) is 1.84. The monoisotopic (exact) mass is 306 g/mol. The molecular weight excluding hydrogens is 292 g/mol. The number of carbonyl (C=O) groups is 1. The van der Waals surface area contributed by atoms with Gasteiger partial charge in [-0.3, -0.25) is 10.1 Å². The highest BCUT2D eigenvalue weighted by atomic mass is 19.4. The van der Waals surface area contributed by atoms with Gasteiger partial charge in [-0.25, -0.2) is 4.39 Å². The Hall–Kier alpha value is -1.67. The molecule has 1 fully saturated rings. The van der Waals surface area contributed by atoms with Crippen molar-refractivity contribution in [1.82, 2.24) is 10.2 Å². The minimum Gasteiger partial charge on any atom is -0.370 e. The SMILES string of the molecule is O=C1CNC(c2cccc(F)c2)N1CCOCC(F)(F)F. The third-order valence-corrected chi connectivity index (χ3v) is 2.99. The van der Waals surface area contributed by atoms with Gasteiger partial charge in [0.15, 0.2) is 0 Å². The lowest BCUT2D eigenvalue weighted by Gasteiger charge is -2.24. The number of amides is 1. The summed E-state index contributed by atoms with van der Waals surface area (Å²) < 4.78 is 53.6. The van der Waals surface area contributed by atoms with Gasteiger partial charge in [-0.2, -0.15) is 13.2 Å². The number of carbonyl (C=O) groups excluding carboxylic acids is 1. The molecule has 1 aromatic rings. The van der Waals surface area contributed by atoms with E-state index in [2.05, 4.69) is 10.1 Å². The van der Waals surface area contributed by atoms with Crippen molar-refractivity contribution < 1.29 is 27.1 Å². The first-order valence-corrected chi connectivity index (χ1v) is 6.29. The van der Waals surface area contributed by atoms with Gasteiger partial charge in [0.2, 0.25) is 5.91 Å². The van der Waals surface area contributed by atoms with Gasteiger partial charge in [-0.15, -0.1) is 0 Å². The minimum atomic E-state index is -4.39. The summed E-state index contributed by atoms with van der Waals surface area (Å²) in [6, 6.07) is 5.70. The summed E-state index contributed by atoms with van der Waals surface area (Å²) in [7, 11) is 0. The number of alkyl halides is 3. The Balaban J connectivity index is 1.94. The number of halogens is 4. The Morgan fingerprint density at radius 2 is 2.14 bits per heavy atom. The molecule has 1 N–H and O–H groups in total. The molecule has 0 saturated carbocycles. The van der Waals surface area contributed by atoms with Crippen LogP contribution in [0.2, 0.25) is 0 Å². The fraction of sp³-hybridized carbons (Fsp3) is 0.462. The molecule has 0 radical (unpaired) electrons. The third-order valence-electron chi connectivity index (χ3n) is 2.99. The van der Waals surface area contributed by atoms with Crippen molar-refractivity contribution in [1.29, 1.82) is 0 Å². The first kappa shape index (κ1) is 15.7. The molecule has 4 nitrogen and oxygen atoms in total. The highest BCUT2D eigenvalue weighted by Crippen LogP contribution is 2.23. The van der Waals surface area contributed by atoms with Crippen LogP contribution in [0.15, 0.2) is 24.3 Å². The number of rotatable bonds is 5. The van der Waals surface area contributed by atoms with Gasteiger partial charge in [-0.1, -0.05) is 12.1 Å². The number of nitrogens with one attached hydrogen (secondary N) is 1. The first-order chi connectivity index (χ1) is 9.87. The lowest BCUT2D eigenvalue weighted by Crippen LogP contribution is -2.34. The summed E-state index contributed by atoms with van der Waals surface area (Å²) >= 11 is 0. The van der Waals surface area contributed by atoms with Crippen LogP contribution in [0.3, 0.4) is 0 Å². The second-order valence-electron chi connectivity index (χ2n) is 4.59. The van der Waals surface area contributed by atoms with Gasteiger partial charge in [-0.05, 0) is 17.7 Å². The van der Waals surface area contributed by atoms with Crippen molar-refractivity contribution in [2.24, 2.45) is 0 Å². The van der Waals surface area contributed by atoms with Crippen LogP contribution in [0, 0.1) is 5.82 Å². The predicted molar refractivity (Wildman–Crippen MR) is 65.7 cm³/mol. The largest absolute Gasteiger partial charge is 0.411 e. The zero-order chi connectivity index (χ0) is 15.5. The van der Waals surface area contributed by atoms with E-state index in [0.717, 1.165) is 0 Å². The van der Waals surface area contributed by atoms with Crippen molar-refractivity contribution in [3.63, 3.8) is 0 Å². The molecule has 1 amide bonds. The molecular formula is C13H14F4N2O2. The molecule has 1 aromatic carbocycles. The Labute approximate surface area is 118 Å². The molecule has 1 unspecified atom stereocenters. The van der Waals surface area contributed by atoms with Crippen molar-refractivity contribution in [2.75, 3.05) is 26.3 Å². The maximum absolute atomic E-state index is 13.2. The Kier molecular flexibility index (Phi) is 4.79. The van der Waals surface area contributed by atoms with E-state index >= 15 is 0 Å². The number of hydrogen-bond acceptors (Lipinski definition) is 3. The molecule has 1 aliphatic heterocycles. The zero-order valence-corrected chi connectivity index (χ0v) is 11.0. The second-order valence-corrected chi connectivity index (χ2v) is 4.59. The van der Waals surface area contributed by atoms with Crippen molar-refractivity contribution in [2.45, 2.75) is 12.3 Å². The summed E-state index contributed by atoms with van der Waals surface area (Å²) in [5.41, 5.74) is 0.539. The van der Waals surface area contributed by atoms with E-state index in [-0.39, 0.29) is 25.6 Å². The fourth-order valence-electron chi connectivity index (χ4n) is 2.12. The molecule has 8 heteroatoms. The normalized spacial score (nSPS) is 19.3. The van der Waals surface area contributed by atoms with E-state index in [1.54, 1.807) is 6.07 Å². The molecule has 2 rings (SSSR count). The van der Waals surface area contributed by atoms with Crippen molar-refractivity contribution >= 4 is 5.91 Å². The fourth-order valence-corrected chi connectivity index (χ4v) is 2.12. The van der Waals surface area contributed by atoms with Crippen LogP contribution >= 0.6 is 0 Å². The third kappa shape index (κ3) is 4.40. The molecule has 0 aliphatic carbocycles. The molecule has 1 heterocycles. The number of nitrogens with zero attached hydrogens (tertiary/aromatic N) is 1. The molecule has 0 bridgehead atoms. The van der Waals surface area contributed by atoms with Crippen molar-refractivity contribution in [3.8, 4) is 0 Å². The first-order valence-electron chi connectivity index (χ1n) is 6.29. The van der Waals surface area contributed by atoms with Gasteiger partial charge in [0, 0.05) is 6.54 Å². The van der Waals surface area contributed by atoms with Gasteiger partial charge in [0.1, 0.15) is 18.6 Å². The van der Waals surface area contributed by atoms with Crippen LogP contribution < -0.4 is 5.32 Å². The van der Waals surface area contributed by atoms with Crippen LogP contribution in [0.5, 0.6) is 0 Å². The quantitative estimate of drug-likeness (QED) is 0.666. The highest BCUT2D eigenvalue weighted by Gasteiger charge is 2.32. The van der Waals surface area contributed by atoms with E-state index in [0.29, 0.717) is 5.56 Å². The molecule has 116 valence electrons. The second kappa shape index (κ2) is 6.40. The summed E-state index contributed by atoms with van der Waals surface area (Å²) in [6.45, 7) is -1.53. The van der Waals surface area contributed by atoms with Gasteiger partial charge < -0.3 is 9.64 Å². The Morgan fingerprint density at radius 1 is 1.38 bits per heavy atom. The Bertz CT molecular complexity index is 507. The average molecular weight is 306 g/mol. The lowest BCUT2D eigenvalue weighted by atomic mass is 10.1. The van der Waals surface area contributed by atoms with Crippen LogP contribution in [-0.4, -0.2) is 43.3 Å². The van der Waals surface area contributed by atoms with E-state index < -0.39 is 24.8 Å². The maximum Gasteiger partial charge on any atom is 0.411 e. The molecule has 0 aromatic heterocycles. The Morgan fingerprint density at radius 3 is 2.81 bits per heavy atom. The van der Waals surface area contributed by atoms with Crippen LogP contribution in [0.4, 0.5) is 17.6 Å². The molecule has 1 saturated heterocycles. The lowest BCUT2D eigenvalue weighted by molar-refractivity contribution is -0.175. The maximum atomic E-state index is 13.2. The number of ether oxygens (including phenoxy) is 1. The molecule has 1 aliphatic rings. The van der Waals surface area contributed by atoms with Crippen molar-refractivity contribution in [3.05, 3.63) is 35.6 Å². The smallest absolute Gasteiger partial charge is 0.370 e. The summed E-state index contributed by atoms with van der Waals surface area (Å²) in [5.74, 6) is -0.707. The summed E-state index contributed by atoms with van der Waals surface area (Å²) in [4.78, 5) is 13.1. The van der Waals surface area contributed by atoms with E-state index in [1.165, 1.54) is 23.1 Å². The van der Waals surface area contributed by atoms with E-state index in [9.17, 15) is 22.4 Å². The van der Waals surface area contributed by atoms with Crippen LogP contribution in [0.25, 0.3) is 0 Å². The average Bonchev–Trinajstić information content (AvgIpc) is 2.75.